The molecule has 0 aliphatic carbocycles. The van der Waals surface area contributed by atoms with Crippen LogP contribution in [-0.4, -0.2) is 57.9 Å². The zero-order valence-electron chi connectivity index (χ0n) is 17.6. The third-order valence-electron chi connectivity index (χ3n) is 5.09. The molecule has 1 fully saturated rings. The fourth-order valence-corrected chi connectivity index (χ4v) is 3.55. The molecular formula is C23H31N3O3. The molecule has 1 unspecified atom stereocenters. The first-order valence-electron chi connectivity index (χ1n) is 10.0. The summed E-state index contributed by atoms with van der Waals surface area (Å²) >= 11 is 0. The number of morpholine rings is 1. The first-order chi connectivity index (χ1) is 14.2. The van der Waals surface area contributed by atoms with Gasteiger partial charge in [-0.2, -0.15) is 0 Å². The Morgan fingerprint density at radius 1 is 1.21 bits per heavy atom. The summed E-state index contributed by atoms with van der Waals surface area (Å²) in [5.41, 5.74) is 3.55. The summed E-state index contributed by atoms with van der Waals surface area (Å²) in [5, 5.41) is 3.40. The molecule has 1 aliphatic heterocycles. The van der Waals surface area contributed by atoms with Gasteiger partial charge in [-0.05, 0) is 24.1 Å². The van der Waals surface area contributed by atoms with E-state index in [1.807, 2.05) is 31.3 Å². The Labute approximate surface area is 173 Å². The second kappa shape index (κ2) is 10.8. The maximum Gasteiger partial charge on any atom is 0.193 e. The van der Waals surface area contributed by atoms with Gasteiger partial charge >= 0.3 is 0 Å². The average molecular weight is 398 g/mol. The van der Waals surface area contributed by atoms with E-state index < -0.39 is 0 Å². The first kappa shape index (κ1) is 21.1. The van der Waals surface area contributed by atoms with Crippen LogP contribution in [0.5, 0.6) is 5.75 Å². The summed E-state index contributed by atoms with van der Waals surface area (Å²) in [4.78, 5) is 6.70. The highest BCUT2D eigenvalue weighted by Gasteiger charge is 2.24. The van der Waals surface area contributed by atoms with Crippen LogP contribution in [0.2, 0.25) is 0 Å². The van der Waals surface area contributed by atoms with E-state index in [0.29, 0.717) is 26.4 Å². The van der Waals surface area contributed by atoms with Gasteiger partial charge in [0.1, 0.15) is 11.9 Å². The molecule has 1 aliphatic rings. The van der Waals surface area contributed by atoms with Crippen LogP contribution < -0.4 is 10.1 Å². The molecule has 0 aromatic heterocycles. The van der Waals surface area contributed by atoms with Crippen LogP contribution >= 0.6 is 0 Å². The Morgan fingerprint density at radius 2 is 2.00 bits per heavy atom. The monoisotopic (exact) mass is 397 g/mol. The fraction of sp³-hybridized carbons (Fsp3) is 0.435. The van der Waals surface area contributed by atoms with Gasteiger partial charge in [-0.25, -0.2) is 0 Å². The Bertz CT molecular complexity index is 809. The Balaban J connectivity index is 1.47. The number of rotatable bonds is 7. The topological polar surface area (TPSA) is 55.3 Å². The van der Waals surface area contributed by atoms with E-state index in [1.54, 1.807) is 7.11 Å². The second-order valence-electron chi connectivity index (χ2n) is 7.00. The van der Waals surface area contributed by atoms with Gasteiger partial charge < -0.3 is 24.4 Å². The van der Waals surface area contributed by atoms with Gasteiger partial charge in [0.2, 0.25) is 0 Å². The van der Waals surface area contributed by atoms with Crippen molar-refractivity contribution in [3.63, 3.8) is 0 Å². The van der Waals surface area contributed by atoms with E-state index in [0.717, 1.165) is 30.4 Å². The van der Waals surface area contributed by atoms with E-state index in [2.05, 4.69) is 46.4 Å². The van der Waals surface area contributed by atoms with Crippen LogP contribution in [0.15, 0.2) is 53.5 Å². The lowest BCUT2D eigenvalue weighted by atomic mass is 10.0. The molecular weight excluding hydrogens is 366 g/mol. The highest BCUT2D eigenvalue weighted by Crippen LogP contribution is 2.25. The molecule has 0 amide bonds. The SMILES string of the molecule is CN=C(NCCOCc1ccccc1OC)N1CCOC(c2ccccc2C)C1. The summed E-state index contributed by atoms with van der Waals surface area (Å²) in [6, 6.07) is 16.3. The van der Waals surface area contributed by atoms with Gasteiger partial charge in [-0.15, -0.1) is 0 Å². The third kappa shape index (κ3) is 5.71. The number of guanidine groups is 1. The third-order valence-corrected chi connectivity index (χ3v) is 5.09. The lowest BCUT2D eigenvalue weighted by Crippen LogP contribution is -2.48. The van der Waals surface area contributed by atoms with Crippen LogP contribution in [0.25, 0.3) is 0 Å². The maximum absolute atomic E-state index is 6.02. The number of hydrogen-bond acceptors (Lipinski definition) is 4. The van der Waals surface area contributed by atoms with Crippen LogP contribution in [0, 0.1) is 6.92 Å². The Hall–Kier alpha value is -2.57. The van der Waals surface area contributed by atoms with Crippen molar-refractivity contribution in [2.24, 2.45) is 4.99 Å². The van der Waals surface area contributed by atoms with Crippen molar-refractivity contribution >= 4 is 5.96 Å². The number of nitrogens with one attached hydrogen (secondary N) is 1. The zero-order valence-corrected chi connectivity index (χ0v) is 17.6. The van der Waals surface area contributed by atoms with Crippen LogP contribution in [0.4, 0.5) is 0 Å². The number of methoxy groups -OCH3 is 1. The molecule has 0 radical (unpaired) electrons. The largest absolute Gasteiger partial charge is 0.496 e. The van der Waals surface area contributed by atoms with Crippen LogP contribution in [0.3, 0.4) is 0 Å². The van der Waals surface area contributed by atoms with Crippen LogP contribution in [0.1, 0.15) is 22.8 Å². The normalized spacial score (nSPS) is 17.3. The molecule has 6 heteroatoms. The quantitative estimate of drug-likeness (QED) is 0.442. The van der Waals surface area contributed by atoms with Gasteiger partial charge in [-0.3, -0.25) is 4.99 Å². The number of nitrogens with zero attached hydrogens (tertiary/aromatic N) is 2. The number of benzene rings is 2. The highest BCUT2D eigenvalue weighted by molar-refractivity contribution is 5.80. The van der Waals surface area contributed by atoms with Gasteiger partial charge in [0, 0.05) is 25.7 Å². The maximum atomic E-state index is 6.02. The predicted octanol–water partition coefficient (Wildman–Crippen LogP) is 3.17. The zero-order chi connectivity index (χ0) is 20.5. The number of aliphatic imine (C=N–C) groups is 1. The van der Waals surface area contributed by atoms with Crippen molar-refractivity contribution in [2.75, 3.05) is 47.0 Å². The molecule has 1 N–H and O–H groups in total. The number of ether oxygens (including phenoxy) is 3. The van der Waals surface area contributed by atoms with Gasteiger partial charge in [0.15, 0.2) is 5.96 Å². The highest BCUT2D eigenvalue weighted by atomic mass is 16.5. The molecule has 0 spiro atoms. The smallest absolute Gasteiger partial charge is 0.193 e. The molecule has 0 bridgehead atoms. The van der Waals surface area contributed by atoms with Crippen LogP contribution in [-0.2, 0) is 16.1 Å². The molecule has 156 valence electrons. The molecule has 1 heterocycles. The molecule has 29 heavy (non-hydrogen) atoms. The lowest BCUT2D eigenvalue weighted by Gasteiger charge is -2.35. The molecule has 3 rings (SSSR count). The Kier molecular flexibility index (Phi) is 7.90. The molecule has 2 aromatic rings. The van der Waals surface area contributed by atoms with Crippen molar-refractivity contribution in [1.29, 1.82) is 0 Å². The van der Waals surface area contributed by atoms with Crippen molar-refractivity contribution in [3.8, 4) is 5.75 Å². The van der Waals surface area contributed by atoms with E-state index in [9.17, 15) is 0 Å². The number of aryl methyl sites for hydroxylation is 1. The summed E-state index contributed by atoms with van der Waals surface area (Å²) in [5.74, 6) is 1.74. The van der Waals surface area contributed by atoms with E-state index in [1.165, 1.54) is 11.1 Å². The van der Waals surface area contributed by atoms with Gasteiger partial charge in [0.25, 0.3) is 0 Å². The van der Waals surface area contributed by atoms with E-state index in [-0.39, 0.29) is 6.10 Å². The van der Waals surface area contributed by atoms with E-state index in [4.69, 9.17) is 14.2 Å². The molecule has 2 aromatic carbocycles. The molecule has 6 nitrogen and oxygen atoms in total. The van der Waals surface area contributed by atoms with Crippen molar-refractivity contribution < 1.29 is 14.2 Å². The summed E-state index contributed by atoms with van der Waals surface area (Å²) in [6.45, 7) is 6.22. The first-order valence-corrected chi connectivity index (χ1v) is 10.0. The minimum Gasteiger partial charge on any atom is -0.496 e. The number of hydrogen-bond donors (Lipinski definition) is 1. The van der Waals surface area contributed by atoms with Crippen molar-refractivity contribution in [3.05, 3.63) is 65.2 Å². The predicted molar refractivity (Wildman–Crippen MR) is 115 cm³/mol. The van der Waals surface area contributed by atoms with Crippen molar-refractivity contribution in [1.82, 2.24) is 10.2 Å². The minimum atomic E-state index is 0.0605. The molecule has 1 saturated heterocycles. The molecule has 1 atom stereocenters. The van der Waals surface area contributed by atoms with Crippen molar-refractivity contribution in [2.45, 2.75) is 19.6 Å². The van der Waals surface area contributed by atoms with Gasteiger partial charge in [-0.1, -0.05) is 42.5 Å². The molecule has 0 saturated carbocycles. The van der Waals surface area contributed by atoms with E-state index >= 15 is 0 Å². The summed E-state index contributed by atoms with van der Waals surface area (Å²) in [7, 11) is 3.49. The van der Waals surface area contributed by atoms with Gasteiger partial charge in [0.05, 0.1) is 33.5 Å². The second-order valence-corrected chi connectivity index (χ2v) is 7.00. The Morgan fingerprint density at radius 3 is 2.79 bits per heavy atom. The average Bonchev–Trinajstić information content (AvgIpc) is 2.77. The minimum absolute atomic E-state index is 0.0605. The fourth-order valence-electron chi connectivity index (χ4n) is 3.55. The summed E-state index contributed by atoms with van der Waals surface area (Å²) in [6.07, 6.45) is 0.0605. The summed E-state index contributed by atoms with van der Waals surface area (Å²) < 4.78 is 17.2. The number of para-hydroxylation sites is 1. The standard InChI is InChI=1S/C23H31N3O3/c1-18-8-4-6-10-20(18)22-16-26(13-15-29-22)23(24-2)25-12-14-28-17-19-9-5-7-11-21(19)27-3/h4-11,22H,12-17H2,1-3H3,(H,24,25). The lowest BCUT2D eigenvalue weighted by molar-refractivity contribution is -0.00845.